The van der Waals surface area contributed by atoms with Gasteiger partial charge in [0.1, 0.15) is 5.82 Å². The van der Waals surface area contributed by atoms with Gasteiger partial charge in [-0.25, -0.2) is 0 Å². The van der Waals surface area contributed by atoms with Crippen molar-refractivity contribution in [3.05, 3.63) is 35.9 Å². The predicted molar refractivity (Wildman–Crippen MR) is 72.2 cm³/mol. The van der Waals surface area contributed by atoms with Crippen LogP contribution >= 0.6 is 0 Å². The second-order valence-corrected chi connectivity index (χ2v) is 3.85. The van der Waals surface area contributed by atoms with Gasteiger partial charge in [-0.05, 0) is 31.5 Å². The van der Waals surface area contributed by atoms with Crippen LogP contribution in [0.1, 0.15) is 25.2 Å². The molecule has 0 saturated carbocycles. The van der Waals surface area contributed by atoms with E-state index in [1.807, 2.05) is 26.0 Å². The van der Waals surface area contributed by atoms with Crippen molar-refractivity contribution < 1.29 is 4.74 Å². The van der Waals surface area contributed by atoms with E-state index in [4.69, 9.17) is 4.74 Å². The van der Waals surface area contributed by atoms with Gasteiger partial charge < -0.3 is 10.1 Å². The van der Waals surface area contributed by atoms with Crippen LogP contribution in [0.3, 0.4) is 0 Å². The van der Waals surface area contributed by atoms with Gasteiger partial charge in [-0.3, -0.25) is 4.98 Å². The van der Waals surface area contributed by atoms with Gasteiger partial charge >= 0.3 is 6.01 Å². The summed E-state index contributed by atoms with van der Waals surface area (Å²) >= 11 is 0. The molecule has 0 spiro atoms. The molecule has 2 rings (SSSR count). The summed E-state index contributed by atoms with van der Waals surface area (Å²) < 4.78 is 5.36. The van der Waals surface area contributed by atoms with E-state index in [-0.39, 0.29) is 0 Å². The van der Waals surface area contributed by atoms with Crippen LogP contribution in [0, 0.1) is 0 Å². The van der Waals surface area contributed by atoms with Crippen LogP contribution in [0.15, 0.2) is 24.5 Å². The minimum atomic E-state index is 0.359. The maximum absolute atomic E-state index is 5.36. The molecule has 0 bridgehead atoms. The van der Waals surface area contributed by atoms with Gasteiger partial charge in [-0.1, -0.05) is 0 Å². The lowest BCUT2D eigenvalue weighted by atomic mass is 10.2. The van der Waals surface area contributed by atoms with Crippen LogP contribution in [0.5, 0.6) is 6.01 Å². The number of nitrogens with one attached hydrogen (secondary N) is 1. The van der Waals surface area contributed by atoms with E-state index in [9.17, 15) is 0 Å². The maximum atomic E-state index is 5.36. The molecule has 0 radical (unpaired) electrons. The molecule has 2 aromatic rings. The Kier molecular flexibility index (Phi) is 4.60. The van der Waals surface area contributed by atoms with Crippen LogP contribution in [0.2, 0.25) is 0 Å². The summed E-state index contributed by atoms with van der Waals surface area (Å²) in [5.41, 5.74) is 1.10. The molecular formula is C13H17N5O. The van der Waals surface area contributed by atoms with Crippen molar-refractivity contribution in [1.29, 1.82) is 0 Å². The first-order chi connectivity index (χ1) is 9.31. The smallest absolute Gasteiger partial charge is 0.321 e. The molecule has 0 aliphatic carbocycles. The van der Waals surface area contributed by atoms with Crippen molar-refractivity contribution in [3.63, 3.8) is 0 Å². The monoisotopic (exact) mass is 259 g/mol. The predicted octanol–water partition coefficient (Wildman–Crippen LogP) is 1.69. The first-order valence-electron chi connectivity index (χ1n) is 6.32. The number of anilines is 1. The Labute approximate surface area is 112 Å². The molecule has 0 unspecified atom stereocenters. The first kappa shape index (κ1) is 13.2. The summed E-state index contributed by atoms with van der Waals surface area (Å²) in [4.78, 5) is 16.8. The van der Waals surface area contributed by atoms with Crippen molar-refractivity contribution >= 4 is 5.95 Å². The van der Waals surface area contributed by atoms with Gasteiger partial charge in [0.2, 0.25) is 5.95 Å². The van der Waals surface area contributed by atoms with Crippen molar-refractivity contribution in [2.75, 3.05) is 18.5 Å². The number of ether oxygens (including phenoxy) is 1. The third-order valence-electron chi connectivity index (χ3n) is 2.38. The normalized spacial score (nSPS) is 10.2. The SMILES string of the molecule is CCNc1nc(Cc2ccncc2)nc(OCC)n1. The molecule has 2 aromatic heterocycles. The first-order valence-corrected chi connectivity index (χ1v) is 6.32. The third-order valence-corrected chi connectivity index (χ3v) is 2.38. The lowest BCUT2D eigenvalue weighted by Gasteiger charge is -2.07. The zero-order valence-electron chi connectivity index (χ0n) is 11.1. The lowest BCUT2D eigenvalue weighted by molar-refractivity contribution is 0.310. The zero-order valence-corrected chi connectivity index (χ0v) is 11.1. The number of rotatable bonds is 6. The van der Waals surface area contributed by atoms with Crippen LogP contribution in [-0.2, 0) is 6.42 Å². The molecule has 100 valence electrons. The van der Waals surface area contributed by atoms with Gasteiger partial charge in [-0.2, -0.15) is 15.0 Å². The summed E-state index contributed by atoms with van der Waals surface area (Å²) in [6.45, 7) is 5.18. The van der Waals surface area contributed by atoms with Crippen LogP contribution in [0.4, 0.5) is 5.95 Å². The van der Waals surface area contributed by atoms with E-state index in [2.05, 4.69) is 25.3 Å². The minimum absolute atomic E-state index is 0.359. The van der Waals surface area contributed by atoms with Gasteiger partial charge in [0, 0.05) is 25.4 Å². The lowest BCUT2D eigenvalue weighted by Crippen LogP contribution is -2.09. The molecule has 1 N–H and O–H groups in total. The molecule has 2 heterocycles. The Morgan fingerprint density at radius 1 is 1.11 bits per heavy atom. The Hall–Kier alpha value is -2.24. The highest BCUT2D eigenvalue weighted by Crippen LogP contribution is 2.11. The second-order valence-electron chi connectivity index (χ2n) is 3.85. The summed E-state index contributed by atoms with van der Waals surface area (Å²) in [5, 5.41) is 3.08. The molecule has 0 saturated heterocycles. The number of hydrogen-bond donors (Lipinski definition) is 1. The molecule has 0 aromatic carbocycles. The van der Waals surface area contributed by atoms with Gasteiger partial charge in [-0.15, -0.1) is 0 Å². The molecule has 0 fully saturated rings. The largest absolute Gasteiger partial charge is 0.464 e. The van der Waals surface area contributed by atoms with E-state index in [1.165, 1.54) is 0 Å². The Morgan fingerprint density at radius 3 is 2.58 bits per heavy atom. The zero-order chi connectivity index (χ0) is 13.5. The Balaban J connectivity index is 2.23. The van der Waals surface area contributed by atoms with E-state index >= 15 is 0 Å². The molecule has 0 aliphatic rings. The number of nitrogens with zero attached hydrogens (tertiary/aromatic N) is 4. The Morgan fingerprint density at radius 2 is 1.89 bits per heavy atom. The van der Waals surface area contributed by atoms with Crippen molar-refractivity contribution in [1.82, 2.24) is 19.9 Å². The highest BCUT2D eigenvalue weighted by Gasteiger charge is 2.07. The highest BCUT2D eigenvalue weighted by atomic mass is 16.5. The molecule has 6 nitrogen and oxygen atoms in total. The van der Waals surface area contributed by atoms with Gasteiger partial charge in [0.15, 0.2) is 0 Å². The molecular weight excluding hydrogens is 242 g/mol. The average Bonchev–Trinajstić information content (AvgIpc) is 2.40. The quantitative estimate of drug-likeness (QED) is 0.851. The van der Waals surface area contributed by atoms with E-state index in [1.54, 1.807) is 12.4 Å². The fraction of sp³-hybridized carbons (Fsp3) is 0.385. The summed E-state index contributed by atoms with van der Waals surface area (Å²) in [6.07, 6.45) is 4.14. The average molecular weight is 259 g/mol. The number of hydrogen-bond acceptors (Lipinski definition) is 6. The second kappa shape index (κ2) is 6.63. The fourth-order valence-corrected chi connectivity index (χ4v) is 1.59. The van der Waals surface area contributed by atoms with Crippen molar-refractivity contribution in [2.24, 2.45) is 0 Å². The number of pyridine rings is 1. The number of aromatic nitrogens is 4. The summed E-state index contributed by atoms with van der Waals surface area (Å²) in [5.74, 6) is 1.23. The van der Waals surface area contributed by atoms with Crippen LogP contribution in [0.25, 0.3) is 0 Å². The van der Waals surface area contributed by atoms with Crippen molar-refractivity contribution in [3.8, 4) is 6.01 Å². The summed E-state index contributed by atoms with van der Waals surface area (Å²) in [7, 11) is 0. The maximum Gasteiger partial charge on any atom is 0.321 e. The van der Waals surface area contributed by atoms with Crippen molar-refractivity contribution in [2.45, 2.75) is 20.3 Å². The highest BCUT2D eigenvalue weighted by molar-refractivity contribution is 5.27. The van der Waals surface area contributed by atoms with Gasteiger partial charge in [0.05, 0.1) is 6.61 Å². The molecule has 6 heteroatoms. The van der Waals surface area contributed by atoms with E-state index in [0.29, 0.717) is 30.8 Å². The third kappa shape index (κ3) is 3.87. The minimum Gasteiger partial charge on any atom is -0.464 e. The van der Waals surface area contributed by atoms with Gasteiger partial charge in [0.25, 0.3) is 0 Å². The topological polar surface area (TPSA) is 72.8 Å². The Bertz CT molecular complexity index is 493. The summed E-state index contributed by atoms with van der Waals surface area (Å²) in [6, 6.07) is 4.24. The van der Waals surface area contributed by atoms with Crippen LogP contribution in [-0.4, -0.2) is 33.1 Å². The van der Waals surface area contributed by atoms with E-state index in [0.717, 1.165) is 12.1 Å². The molecule has 0 amide bonds. The fourth-order valence-electron chi connectivity index (χ4n) is 1.59. The molecule has 0 atom stereocenters. The molecule has 0 aliphatic heterocycles. The standard InChI is InChI=1S/C13H17N5O/c1-3-15-12-16-11(17-13(18-12)19-4-2)9-10-5-7-14-8-6-10/h5-8H,3-4,9H2,1-2H3,(H,15,16,17,18). The molecule has 19 heavy (non-hydrogen) atoms. The van der Waals surface area contributed by atoms with E-state index < -0.39 is 0 Å². The van der Waals surface area contributed by atoms with Crippen LogP contribution < -0.4 is 10.1 Å².